The fourth-order valence-electron chi connectivity index (χ4n) is 5.06. The third-order valence-electron chi connectivity index (χ3n) is 6.92. The van der Waals surface area contributed by atoms with Crippen LogP contribution in [0.25, 0.3) is 32.7 Å². The molecule has 0 bridgehead atoms. The van der Waals surface area contributed by atoms with Gasteiger partial charge in [0.05, 0.1) is 12.5 Å². The van der Waals surface area contributed by atoms with Crippen molar-refractivity contribution in [2.24, 2.45) is 5.16 Å². The summed E-state index contributed by atoms with van der Waals surface area (Å²) in [6.07, 6.45) is 1.69. The molecule has 1 amide bonds. The lowest BCUT2D eigenvalue weighted by molar-refractivity contribution is -0.126. The summed E-state index contributed by atoms with van der Waals surface area (Å²) < 4.78 is 24.1. The van der Waals surface area contributed by atoms with Gasteiger partial charge in [-0.25, -0.2) is 19.5 Å². The molecule has 3 aromatic carbocycles. The van der Waals surface area contributed by atoms with E-state index in [0.717, 1.165) is 27.1 Å². The van der Waals surface area contributed by atoms with Crippen LogP contribution in [0.2, 0.25) is 0 Å². The molecule has 3 atom stereocenters. The highest BCUT2D eigenvalue weighted by Crippen LogP contribution is 2.44. The highest BCUT2D eigenvalue weighted by atomic mass is 31.2. The quantitative estimate of drug-likeness (QED) is 0.0851. The maximum Gasteiger partial charge on any atom is 0.469 e. The number of rotatable bonds is 9. The number of amides is 1. The van der Waals surface area contributed by atoms with E-state index in [4.69, 9.17) is 19.8 Å². The van der Waals surface area contributed by atoms with Gasteiger partial charge in [-0.05, 0) is 27.6 Å². The van der Waals surface area contributed by atoms with Gasteiger partial charge < -0.3 is 30.4 Å². The molecule has 14 nitrogen and oxygen atoms in total. The van der Waals surface area contributed by atoms with E-state index in [1.165, 1.54) is 12.7 Å². The standard InChI is InChI=1S/C27H26N7O7P/c28-26-25-27(31-14-30-26)34(15-32-25)24-10-21(41-42(36,37)38)22(40-24)12-29-23(35)13-39-33-11-20-18-7-3-1-5-16(18)9-17-6-2-4-8-19(17)20/h1-9,11,14-15,21-22,24H,10,12-13H2,(H,29,35)(H2,28,30,31)(H2,36,37,38)/b33-11+/t21-,22+,24+/m0/s1. The molecule has 1 aliphatic heterocycles. The number of carbonyl (C=O) groups is 1. The number of hydrogen-bond acceptors (Lipinski definition) is 10. The van der Waals surface area contributed by atoms with Gasteiger partial charge in [-0.2, -0.15) is 0 Å². The van der Waals surface area contributed by atoms with E-state index in [-0.39, 0.29) is 25.4 Å². The van der Waals surface area contributed by atoms with Crippen LogP contribution in [-0.4, -0.2) is 66.8 Å². The van der Waals surface area contributed by atoms with Gasteiger partial charge in [0.1, 0.15) is 30.3 Å². The van der Waals surface area contributed by atoms with E-state index in [0.29, 0.717) is 11.2 Å². The fraction of sp³-hybridized carbons (Fsp3) is 0.222. The average Bonchev–Trinajstić information content (AvgIpc) is 3.57. The first-order valence-corrected chi connectivity index (χ1v) is 14.4. The van der Waals surface area contributed by atoms with E-state index in [1.54, 1.807) is 10.8 Å². The first-order valence-electron chi connectivity index (χ1n) is 12.9. The van der Waals surface area contributed by atoms with Crippen molar-refractivity contribution >= 4 is 58.5 Å². The predicted octanol–water partition coefficient (Wildman–Crippen LogP) is 2.65. The molecule has 42 heavy (non-hydrogen) atoms. The van der Waals surface area contributed by atoms with Crippen LogP contribution >= 0.6 is 7.82 Å². The lowest BCUT2D eigenvalue weighted by Crippen LogP contribution is -2.39. The minimum Gasteiger partial charge on any atom is -0.386 e. The van der Waals surface area contributed by atoms with Crippen LogP contribution in [0.1, 0.15) is 18.2 Å². The Hall–Kier alpha value is -4.46. The third-order valence-corrected chi connectivity index (χ3v) is 7.46. The summed E-state index contributed by atoms with van der Waals surface area (Å²) in [6.45, 7) is -0.494. The van der Waals surface area contributed by atoms with E-state index in [2.05, 4.69) is 31.5 Å². The van der Waals surface area contributed by atoms with Crippen molar-refractivity contribution in [3.63, 3.8) is 0 Å². The summed E-state index contributed by atoms with van der Waals surface area (Å²) in [6, 6.07) is 18.0. The zero-order chi connectivity index (χ0) is 29.3. The molecule has 216 valence electrons. The number of ether oxygens (including phenoxy) is 1. The van der Waals surface area contributed by atoms with Gasteiger partial charge in [0.25, 0.3) is 5.91 Å². The Morgan fingerprint density at radius 2 is 1.86 bits per heavy atom. The summed E-state index contributed by atoms with van der Waals surface area (Å²) in [5.74, 6) is -0.328. The Balaban J connectivity index is 1.10. The van der Waals surface area contributed by atoms with Crippen molar-refractivity contribution in [3.05, 3.63) is 72.8 Å². The van der Waals surface area contributed by atoms with Gasteiger partial charge in [0.15, 0.2) is 18.1 Å². The highest BCUT2D eigenvalue weighted by molar-refractivity contribution is 7.46. The summed E-state index contributed by atoms with van der Waals surface area (Å²) in [5, 5.41) is 10.8. The molecule has 3 heterocycles. The number of oxime groups is 1. The number of imidazole rings is 1. The number of nitrogen functional groups attached to an aromatic ring is 1. The van der Waals surface area contributed by atoms with Crippen LogP contribution in [0.15, 0.2) is 72.4 Å². The molecule has 1 saturated heterocycles. The molecule has 1 aliphatic rings. The summed E-state index contributed by atoms with van der Waals surface area (Å²) in [5.41, 5.74) is 7.47. The number of aromatic nitrogens is 4. The van der Waals surface area contributed by atoms with Gasteiger partial charge in [0, 0.05) is 18.5 Å². The summed E-state index contributed by atoms with van der Waals surface area (Å²) in [4.78, 5) is 48.9. The number of anilines is 1. The molecular weight excluding hydrogens is 565 g/mol. The monoisotopic (exact) mass is 591 g/mol. The van der Waals surface area contributed by atoms with E-state index in [9.17, 15) is 19.1 Å². The molecule has 0 saturated carbocycles. The maximum absolute atomic E-state index is 12.5. The summed E-state index contributed by atoms with van der Waals surface area (Å²) >= 11 is 0. The van der Waals surface area contributed by atoms with E-state index < -0.39 is 32.2 Å². The second kappa shape index (κ2) is 11.4. The smallest absolute Gasteiger partial charge is 0.386 e. The molecule has 0 spiro atoms. The van der Waals surface area contributed by atoms with Crippen LogP contribution in [0, 0.1) is 0 Å². The van der Waals surface area contributed by atoms with Crippen molar-refractivity contribution < 1.29 is 33.2 Å². The minimum absolute atomic E-state index is 0.0563. The first-order chi connectivity index (χ1) is 20.3. The van der Waals surface area contributed by atoms with Crippen LogP contribution in [0.4, 0.5) is 5.82 Å². The van der Waals surface area contributed by atoms with Gasteiger partial charge in [0.2, 0.25) is 0 Å². The maximum atomic E-state index is 12.5. The molecule has 1 fully saturated rings. The number of fused-ring (bicyclic) bond motifs is 3. The van der Waals surface area contributed by atoms with Gasteiger partial charge in [-0.3, -0.25) is 13.9 Å². The predicted molar refractivity (Wildman–Crippen MR) is 153 cm³/mol. The fourth-order valence-corrected chi connectivity index (χ4v) is 5.64. The Bertz CT molecular complexity index is 1800. The number of nitrogens with two attached hydrogens (primary N) is 1. The molecule has 5 aromatic rings. The lowest BCUT2D eigenvalue weighted by atomic mass is 9.97. The van der Waals surface area contributed by atoms with Crippen LogP contribution < -0.4 is 11.1 Å². The number of carbonyl (C=O) groups excluding carboxylic acids is 1. The van der Waals surface area contributed by atoms with Crippen LogP contribution in [0.5, 0.6) is 0 Å². The van der Waals surface area contributed by atoms with Gasteiger partial charge in [-0.1, -0.05) is 53.7 Å². The molecule has 0 radical (unpaired) electrons. The second-order valence-corrected chi connectivity index (χ2v) is 10.8. The van der Waals surface area contributed by atoms with Crippen LogP contribution in [-0.2, 0) is 23.5 Å². The number of benzene rings is 3. The molecule has 0 unspecified atom stereocenters. The highest BCUT2D eigenvalue weighted by Gasteiger charge is 2.41. The Morgan fingerprint density at radius 3 is 2.57 bits per heavy atom. The molecule has 5 N–H and O–H groups in total. The Kier molecular flexibility index (Phi) is 7.54. The topological polar surface area (TPSA) is 196 Å². The third kappa shape index (κ3) is 5.79. The van der Waals surface area contributed by atoms with E-state index in [1.807, 2.05) is 48.5 Å². The van der Waals surface area contributed by atoms with E-state index >= 15 is 0 Å². The first kappa shape index (κ1) is 27.7. The number of nitrogens with one attached hydrogen (secondary N) is 1. The molecule has 6 rings (SSSR count). The normalized spacial score (nSPS) is 19.2. The van der Waals surface area contributed by atoms with Crippen molar-refractivity contribution in [1.29, 1.82) is 0 Å². The molecular formula is C27H26N7O7P. The molecule has 2 aromatic heterocycles. The number of phosphoric ester groups is 1. The van der Waals surface area contributed by atoms with Crippen molar-refractivity contribution in [2.45, 2.75) is 24.9 Å². The van der Waals surface area contributed by atoms with Crippen LogP contribution in [0.3, 0.4) is 0 Å². The van der Waals surface area contributed by atoms with Gasteiger partial charge in [-0.15, -0.1) is 0 Å². The second-order valence-electron chi connectivity index (χ2n) is 9.63. The van der Waals surface area contributed by atoms with Crippen molar-refractivity contribution in [1.82, 2.24) is 24.8 Å². The Labute approximate surface area is 238 Å². The van der Waals surface area contributed by atoms with Gasteiger partial charge >= 0.3 is 7.82 Å². The zero-order valence-corrected chi connectivity index (χ0v) is 22.9. The largest absolute Gasteiger partial charge is 0.469 e. The van der Waals surface area contributed by atoms with Crippen molar-refractivity contribution in [2.75, 3.05) is 18.9 Å². The minimum atomic E-state index is -4.85. The molecule has 15 heteroatoms. The lowest BCUT2D eigenvalue weighted by Gasteiger charge is -2.19. The van der Waals surface area contributed by atoms with Crippen molar-refractivity contribution in [3.8, 4) is 0 Å². The Morgan fingerprint density at radius 1 is 1.14 bits per heavy atom. The zero-order valence-electron chi connectivity index (χ0n) is 22.0. The number of hydrogen-bond donors (Lipinski definition) is 4. The SMILES string of the molecule is Nc1ncnc2c1ncn2[C@H]1C[C@H](OP(=O)(O)O)[C@@H](CNC(=O)CO/N=C/c2c3ccccc3cc3ccccc23)O1. The summed E-state index contributed by atoms with van der Waals surface area (Å²) in [7, 11) is -4.85. The molecule has 0 aliphatic carbocycles. The number of phosphoric acid groups is 1. The average molecular weight is 592 g/mol. The number of nitrogens with zero attached hydrogens (tertiary/aromatic N) is 5.